The van der Waals surface area contributed by atoms with Crippen molar-refractivity contribution >= 4 is 5.78 Å². The molecule has 18 unspecified atom stereocenters. The molecule has 0 aliphatic carbocycles. The molecule has 4 N–H and O–H groups in total. The molecule has 53 heavy (non-hydrogen) atoms. The molecule has 300 valence electrons. The molecule has 6 rings (SSSR count). The molecule has 0 amide bonds. The molecule has 1 aromatic rings. The number of ether oxygens (including phenoxy) is 5. The van der Waals surface area contributed by atoms with Gasteiger partial charge in [0, 0.05) is 36.0 Å². The second kappa shape index (κ2) is 16.0. The second-order valence-corrected chi connectivity index (χ2v) is 17.6. The van der Waals surface area contributed by atoms with Crippen molar-refractivity contribution in [2.24, 2.45) is 35.5 Å². The normalized spacial score (nSPS) is 44.8. The highest BCUT2D eigenvalue weighted by molar-refractivity contribution is 5.84. The van der Waals surface area contributed by atoms with Gasteiger partial charge < -0.3 is 39.0 Å². The van der Waals surface area contributed by atoms with Gasteiger partial charge in [-0.05, 0) is 89.2 Å². The number of aromatic nitrogens is 4. The first kappa shape index (κ1) is 40.8. The van der Waals surface area contributed by atoms with Gasteiger partial charge in [-0.2, -0.15) is 5.21 Å². The van der Waals surface area contributed by atoms with Gasteiger partial charge >= 0.3 is 0 Å². The van der Waals surface area contributed by atoms with Crippen molar-refractivity contribution in [3.8, 4) is 0 Å². The molecule has 13 heteroatoms. The van der Waals surface area contributed by atoms with Gasteiger partial charge in [-0.15, -0.1) is 10.2 Å². The van der Waals surface area contributed by atoms with Crippen molar-refractivity contribution in [2.75, 3.05) is 0 Å². The molecule has 2 spiro atoms. The average Bonchev–Trinajstić information content (AvgIpc) is 3.79. The van der Waals surface area contributed by atoms with Crippen LogP contribution in [0.25, 0.3) is 0 Å². The zero-order valence-electron chi connectivity index (χ0n) is 33.3. The van der Waals surface area contributed by atoms with Crippen LogP contribution in [0.5, 0.6) is 0 Å². The van der Waals surface area contributed by atoms with Crippen LogP contribution in [0.3, 0.4) is 0 Å². The maximum absolute atomic E-state index is 14.5. The van der Waals surface area contributed by atoms with Crippen LogP contribution in [0.4, 0.5) is 0 Å². The van der Waals surface area contributed by atoms with E-state index < -0.39 is 53.4 Å². The fourth-order valence-corrected chi connectivity index (χ4v) is 10.3. The number of hydrogen-bond donors (Lipinski definition) is 4. The van der Waals surface area contributed by atoms with Crippen molar-refractivity contribution in [3.05, 3.63) is 18.0 Å². The highest BCUT2D eigenvalue weighted by Crippen LogP contribution is 2.53. The summed E-state index contributed by atoms with van der Waals surface area (Å²) in [7, 11) is 0. The molecule has 13 nitrogen and oxygen atoms in total. The van der Waals surface area contributed by atoms with E-state index in [1.165, 1.54) is 0 Å². The Labute approximate surface area is 315 Å². The van der Waals surface area contributed by atoms with Crippen LogP contribution in [-0.2, 0) is 28.5 Å². The summed E-state index contributed by atoms with van der Waals surface area (Å²) in [5.41, 5.74) is -0.722. The van der Waals surface area contributed by atoms with Gasteiger partial charge in [-0.3, -0.25) is 4.79 Å². The van der Waals surface area contributed by atoms with E-state index in [0.717, 1.165) is 25.7 Å². The minimum absolute atomic E-state index is 0.00531. The Hall–Kier alpha value is -1.84. The molecular formula is C40H66N4O9. The maximum Gasteiger partial charge on any atom is 0.202 e. The molecule has 5 aliphatic heterocycles. The van der Waals surface area contributed by atoms with Gasteiger partial charge in [0.1, 0.15) is 11.9 Å². The summed E-state index contributed by atoms with van der Waals surface area (Å²) in [5.74, 6) is -3.20. The van der Waals surface area contributed by atoms with Gasteiger partial charge in [0.15, 0.2) is 11.6 Å². The number of aliphatic hydroxyl groups excluding tert-OH is 3. The smallest absolute Gasteiger partial charge is 0.202 e. The van der Waals surface area contributed by atoms with Gasteiger partial charge in [0.2, 0.25) is 5.79 Å². The van der Waals surface area contributed by atoms with E-state index >= 15 is 0 Å². The number of ketones is 1. The monoisotopic (exact) mass is 746 g/mol. The van der Waals surface area contributed by atoms with Crippen LogP contribution in [0.1, 0.15) is 132 Å². The highest BCUT2D eigenvalue weighted by atomic mass is 16.8. The van der Waals surface area contributed by atoms with E-state index in [9.17, 15) is 20.1 Å². The van der Waals surface area contributed by atoms with E-state index in [0.29, 0.717) is 37.9 Å². The summed E-state index contributed by atoms with van der Waals surface area (Å²) in [6.07, 6.45) is 5.95. The summed E-state index contributed by atoms with van der Waals surface area (Å²) < 4.78 is 33.6. The molecule has 5 aliphatic rings. The second-order valence-electron chi connectivity index (χ2n) is 17.6. The Kier molecular flexibility index (Phi) is 12.3. The Morgan fingerprint density at radius 1 is 0.981 bits per heavy atom. The lowest BCUT2D eigenvalue weighted by atomic mass is 9.72. The first-order chi connectivity index (χ1) is 25.1. The summed E-state index contributed by atoms with van der Waals surface area (Å²) in [5, 5.41) is 48.3. The number of aliphatic hydroxyl groups is 3. The Morgan fingerprint density at radius 2 is 1.74 bits per heavy atom. The number of carbonyl (C=O) groups excluding carboxylic acids is 1. The SMILES string of the molecule is CCC(C(=O)C(C)C(O)C(C)C1OC(C(CC)c2nn[nH]n2)CCC1C)C1OC2(C=CC(O)C3(CCC(C)(C4CCC(O)C(C)O4)O3)O2)C(C)CC1C. The maximum atomic E-state index is 14.5. The van der Waals surface area contributed by atoms with Gasteiger partial charge in [0.05, 0.1) is 48.3 Å². The lowest BCUT2D eigenvalue weighted by molar-refractivity contribution is -0.408. The van der Waals surface area contributed by atoms with Crippen molar-refractivity contribution in [1.29, 1.82) is 0 Å². The van der Waals surface area contributed by atoms with Crippen LogP contribution >= 0.6 is 0 Å². The molecule has 0 radical (unpaired) electrons. The number of rotatable bonds is 11. The lowest BCUT2D eigenvalue weighted by Gasteiger charge is -2.54. The molecule has 1 aromatic heterocycles. The number of H-pyrrole nitrogens is 1. The van der Waals surface area contributed by atoms with Crippen LogP contribution in [0, 0.1) is 35.5 Å². The predicted molar refractivity (Wildman–Crippen MR) is 195 cm³/mol. The largest absolute Gasteiger partial charge is 0.392 e. The predicted octanol–water partition coefficient (Wildman–Crippen LogP) is 5.00. The third kappa shape index (κ3) is 7.67. The van der Waals surface area contributed by atoms with Gasteiger partial charge in [0.25, 0.3) is 0 Å². The number of nitrogens with zero attached hydrogens (tertiary/aromatic N) is 3. The number of aromatic amines is 1. The van der Waals surface area contributed by atoms with E-state index in [4.69, 9.17) is 23.7 Å². The number of hydrogen-bond acceptors (Lipinski definition) is 12. The van der Waals surface area contributed by atoms with Gasteiger partial charge in [-0.25, -0.2) is 0 Å². The van der Waals surface area contributed by atoms with E-state index in [2.05, 4.69) is 48.3 Å². The summed E-state index contributed by atoms with van der Waals surface area (Å²) in [6, 6.07) is 0. The number of carbonyl (C=O) groups is 1. The molecule has 18 atom stereocenters. The van der Waals surface area contributed by atoms with Crippen LogP contribution in [0.2, 0.25) is 0 Å². The fourth-order valence-electron chi connectivity index (χ4n) is 10.3. The van der Waals surface area contributed by atoms with Crippen molar-refractivity contribution in [1.82, 2.24) is 20.6 Å². The molecule has 6 heterocycles. The minimum atomic E-state index is -1.34. The third-order valence-electron chi connectivity index (χ3n) is 13.9. The quantitative estimate of drug-likeness (QED) is 0.223. The third-order valence-corrected chi connectivity index (χ3v) is 13.9. The van der Waals surface area contributed by atoms with E-state index in [1.54, 1.807) is 6.08 Å². The number of Topliss-reactive ketones (excluding diaryl/α,β-unsaturated/α-hetero) is 1. The number of nitrogens with one attached hydrogen (secondary N) is 1. The van der Waals surface area contributed by atoms with Crippen LogP contribution < -0.4 is 0 Å². The van der Waals surface area contributed by atoms with Crippen molar-refractivity contribution in [3.63, 3.8) is 0 Å². The number of tetrazole rings is 1. The van der Waals surface area contributed by atoms with Crippen molar-refractivity contribution in [2.45, 2.75) is 192 Å². The standard InChI is InChI=1S/C40H66N4O9/c1-10-27(37-41-43-44-42-37)30-14-12-21(3)35(50-30)25(7)33(47)24(6)34(48)28(11-2)36-22(4)20-23(5)39(51-36)17-16-31(46)40(53-39)19-18-38(9,52-40)32-15-13-29(45)26(8)49-32/h16-17,21-33,35-36,45-47H,10-15,18-20H2,1-9H3,(H,41,42,43,44). The summed E-state index contributed by atoms with van der Waals surface area (Å²) >= 11 is 0. The van der Waals surface area contributed by atoms with Gasteiger partial charge in [-0.1, -0.05) is 53.7 Å². The molecule has 0 aromatic carbocycles. The molecule has 0 saturated carbocycles. The lowest BCUT2D eigenvalue weighted by Crippen LogP contribution is -2.63. The average molecular weight is 747 g/mol. The zero-order chi connectivity index (χ0) is 38.5. The van der Waals surface area contributed by atoms with E-state index in [1.807, 2.05) is 40.7 Å². The van der Waals surface area contributed by atoms with Crippen molar-refractivity contribution < 1.29 is 43.8 Å². The van der Waals surface area contributed by atoms with Crippen LogP contribution in [-0.4, -0.2) is 108 Å². The topological polar surface area (TPSA) is 178 Å². The van der Waals surface area contributed by atoms with Crippen LogP contribution in [0.15, 0.2) is 12.2 Å². The minimum Gasteiger partial charge on any atom is -0.392 e. The Balaban J connectivity index is 1.16. The first-order valence-corrected chi connectivity index (χ1v) is 20.5. The highest BCUT2D eigenvalue weighted by Gasteiger charge is 2.62. The molecular weight excluding hydrogens is 680 g/mol. The van der Waals surface area contributed by atoms with E-state index in [-0.39, 0.29) is 59.8 Å². The Bertz CT molecular complexity index is 1420. The first-order valence-electron chi connectivity index (χ1n) is 20.5. The summed E-state index contributed by atoms with van der Waals surface area (Å²) in [6.45, 7) is 18.2. The molecule has 4 saturated heterocycles. The summed E-state index contributed by atoms with van der Waals surface area (Å²) in [4.78, 5) is 14.5. The Morgan fingerprint density at radius 3 is 2.40 bits per heavy atom. The zero-order valence-corrected chi connectivity index (χ0v) is 33.3. The fraction of sp³-hybridized carbons (Fsp3) is 0.900. The molecule has 0 bridgehead atoms. The molecule has 4 fully saturated rings.